The number of rotatable bonds is 1. The number of halogens is 3. The van der Waals surface area contributed by atoms with Gasteiger partial charge in [0.25, 0.3) is 0 Å². The number of hydrogen-bond acceptors (Lipinski definition) is 3. The van der Waals surface area contributed by atoms with Gasteiger partial charge in [0.05, 0.1) is 10.4 Å². The molecule has 0 unspecified atom stereocenters. The zero-order valence-electron chi connectivity index (χ0n) is 9.75. The van der Waals surface area contributed by atoms with Crippen molar-refractivity contribution in [2.45, 2.75) is 6.92 Å². The van der Waals surface area contributed by atoms with Crippen molar-refractivity contribution >= 4 is 33.8 Å². The summed E-state index contributed by atoms with van der Waals surface area (Å²) in [7, 11) is 0. The summed E-state index contributed by atoms with van der Waals surface area (Å²) in [5, 5.41) is 0.419. The van der Waals surface area contributed by atoms with Crippen molar-refractivity contribution < 1.29 is 8.78 Å². The molecule has 0 aliphatic carbocycles. The highest BCUT2D eigenvalue weighted by Crippen LogP contribution is 2.29. The highest BCUT2D eigenvalue weighted by Gasteiger charge is 2.12. The quantitative estimate of drug-likeness (QED) is 0.613. The molecule has 0 aliphatic rings. The molecule has 0 aliphatic heterocycles. The first kappa shape index (κ1) is 12.4. The minimum Gasteiger partial charge on any atom is -0.227 e. The lowest BCUT2D eigenvalue weighted by molar-refractivity contribution is 0.510. The average Bonchev–Trinajstić information content (AvgIpc) is 2.78. The Morgan fingerprint density at radius 1 is 1.11 bits per heavy atom. The van der Waals surface area contributed by atoms with Gasteiger partial charge in [0, 0.05) is 16.3 Å². The van der Waals surface area contributed by atoms with E-state index in [1.807, 2.05) is 19.1 Å². The largest absolute Gasteiger partial charge is 0.227 e. The smallest absolute Gasteiger partial charge is 0.171 e. The van der Waals surface area contributed by atoms with E-state index in [4.69, 9.17) is 11.6 Å². The van der Waals surface area contributed by atoms with Crippen molar-refractivity contribution in [3.63, 3.8) is 0 Å². The fourth-order valence-corrected chi connectivity index (χ4v) is 2.78. The molecule has 3 rings (SSSR count). The number of aryl methyl sites for hydroxylation is 1. The Morgan fingerprint density at radius 3 is 2.53 bits per heavy atom. The summed E-state index contributed by atoms with van der Waals surface area (Å²) in [5.74, 6) is -1.49. The van der Waals surface area contributed by atoms with Crippen LogP contribution >= 0.6 is 22.9 Å². The molecule has 0 atom stereocenters. The van der Waals surface area contributed by atoms with Crippen LogP contribution in [-0.2, 0) is 0 Å². The number of nitrogens with zero attached hydrogens (tertiary/aromatic N) is 2. The zero-order valence-corrected chi connectivity index (χ0v) is 11.3. The summed E-state index contributed by atoms with van der Waals surface area (Å²) in [4.78, 5) is 10.3. The van der Waals surface area contributed by atoms with Crippen molar-refractivity contribution in [2.24, 2.45) is 0 Å². The van der Waals surface area contributed by atoms with Crippen LogP contribution in [0, 0.1) is 18.6 Å². The predicted octanol–water partition coefficient (Wildman–Crippen LogP) is 4.60. The SMILES string of the molecule is Cc1ccc(-c2nc(Cl)c3cc(F)c(F)cc3n2)s1. The Kier molecular flexibility index (Phi) is 2.95. The molecule has 3 aromatic rings. The summed E-state index contributed by atoms with van der Waals surface area (Å²) in [5.41, 5.74) is 0.292. The number of hydrogen-bond donors (Lipinski definition) is 0. The van der Waals surface area contributed by atoms with E-state index in [-0.39, 0.29) is 5.15 Å². The van der Waals surface area contributed by atoms with Gasteiger partial charge in [0.15, 0.2) is 17.5 Å². The molecule has 2 heterocycles. The molecule has 0 saturated carbocycles. The van der Waals surface area contributed by atoms with E-state index in [9.17, 15) is 8.78 Å². The molecule has 2 aromatic heterocycles. The minimum atomic E-state index is -0.960. The second-order valence-corrected chi connectivity index (χ2v) is 5.68. The van der Waals surface area contributed by atoms with E-state index in [1.165, 1.54) is 11.3 Å². The number of thiophene rings is 1. The van der Waals surface area contributed by atoms with Crippen LogP contribution in [0.25, 0.3) is 21.6 Å². The Labute approximate surface area is 116 Å². The van der Waals surface area contributed by atoms with Crippen LogP contribution in [-0.4, -0.2) is 9.97 Å². The Morgan fingerprint density at radius 2 is 1.84 bits per heavy atom. The van der Waals surface area contributed by atoms with Gasteiger partial charge in [0.2, 0.25) is 0 Å². The molecule has 2 nitrogen and oxygen atoms in total. The first-order valence-corrected chi connectivity index (χ1v) is 6.63. The first-order chi connectivity index (χ1) is 9.04. The van der Waals surface area contributed by atoms with E-state index in [0.717, 1.165) is 21.9 Å². The zero-order chi connectivity index (χ0) is 13.6. The molecule has 96 valence electrons. The monoisotopic (exact) mass is 296 g/mol. The molecule has 0 saturated heterocycles. The number of fused-ring (bicyclic) bond motifs is 1. The molecule has 0 spiro atoms. The molecule has 0 fully saturated rings. The number of aromatic nitrogens is 2. The third kappa shape index (κ3) is 2.19. The van der Waals surface area contributed by atoms with Gasteiger partial charge in [-0.3, -0.25) is 0 Å². The standard InChI is InChI=1S/C13H7ClF2N2S/c1-6-2-3-11(19-6)13-17-10-5-9(16)8(15)4-7(10)12(14)18-13/h2-5H,1H3. The van der Waals surface area contributed by atoms with Crippen LogP contribution in [0.2, 0.25) is 5.15 Å². The van der Waals surface area contributed by atoms with Crippen molar-refractivity contribution in [1.82, 2.24) is 9.97 Å². The van der Waals surface area contributed by atoms with Gasteiger partial charge in [-0.25, -0.2) is 18.7 Å². The van der Waals surface area contributed by atoms with Gasteiger partial charge < -0.3 is 0 Å². The molecule has 0 bridgehead atoms. The van der Waals surface area contributed by atoms with Crippen LogP contribution < -0.4 is 0 Å². The minimum absolute atomic E-state index is 0.116. The van der Waals surface area contributed by atoms with E-state index in [1.54, 1.807) is 0 Å². The van der Waals surface area contributed by atoms with Gasteiger partial charge in [-0.05, 0) is 25.1 Å². The molecular formula is C13H7ClF2N2S. The van der Waals surface area contributed by atoms with Crippen molar-refractivity contribution in [2.75, 3.05) is 0 Å². The van der Waals surface area contributed by atoms with Crippen molar-refractivity contribution in [1.29, 1.82) is 0 Å². The van der Waals surface area contributed by atoms with Gasteiger partial charge in [0.1, 0.15) is 5.15 Å². The molecule has 6 heteroatoms. The van der Waals surface area contributed by atoms with Gasteiger partial charge in [-0.1, -0.05) is 11.6 Å². The fourth-order valence-electron chi connectivity index (χ4n) is 1.75. The fraction of sp³-hybridized carbons (Fsp3) is 0.0769. The van der Waals surface area contributed by atoms with Crippen LogP contribution in [0.3, 0.4) is 0 Å². The van der Waals surface area contributed by atoms with E-state index < -0.39 is 11.6 Å². The van der Waals surface area contributed by atoms with Gasteiger partial charge >= 0.3 is 0 Å². The molecule has 19 heavy (non-hydrogen) atoms. The highest BCUT2D eigenvalue weighted by atomic mass is 35.5. The third-order valence-electron chi connectivity index (χ3n) is 2.65. The molecule has 1 aromatic carbocycles. The summed E-state index contributed by atoms with van der Waals surface area (Å²) >= 11 is 7.52. The second-order valence-electron chi connectivity index (χ2n) is 4.03. The van der Waals surface area contributed by atoms with Gasteiger partial charge in [-0.15, -0.1) is 11.3 Å². The molecule has 0 N–H and O–H groups in total. The Balaban J connectivity index is 2.27. The summed E-state index contributed by atoms with van der Waals surface area (Å²) in [6.45, 7) is 1.96. The van der Waals surface area contributed by atoms with E-state index in [2.05, 4.69) is 9.97 Å². The second kappa shape index (κ2) is 4.51. The first-order valence-electron chi connectivity index (χ1n) is 5.44. The van der Waals surface area contributed by atoms with Crippen molar-refractivity contribution in [3.05, 3.63) is 45.9 Å². The van der Waals surface area contributed by atoms with Crippen LogP contribution in [0.1, 0.15) is 4.88 Å². The average molecular weight is 297 g/mol. The summed E-state index contributed by atoms with van der Waals surface area (Å²) in [6, 6.07) is 5.85. The lowest BCUT2D eigenvalue weighted by Crippen LogP contribution is -1.93. The van der Waals surface area contributed by atoms with Crippen molar-refractivity contribution in [3.8, 4) is 10.7 Å². The summed E-state index contributed by atoms with van der Waals surface area (Å²) < 4.78 is 26.4. The van der Waals surface area contributed by atoms with E-state index >= 15 is 0 Å². The maximum absolute atomic E-state index is 13.2. The number of benzene rings is 1. The Bertz CT molecular complexity index is 786. The molecule has 0 amide bonds. The topological polar surface area (TPSA) is 25.8 Å². The highest BCUT2D eigenvalue weighted by molar-refractivity contribution is 7.15. The Hall–Kier alpha value is -1.59. The predicted molar refractivity (Wildman–Crippen MR) is 72.5 cm³/mol. The van der Waals surface area contributed by atoms with Crippen LogP contribution in [0.5, 0.6) is 0 Å². The summed E-state index contributed by atoms with van der Waals surface area (Å²) in [6.07, 6.45) is 0. The molecule has 0 radical (unpaired) electrons. The van der Waals surface area contributed by atoms with Gasteiger partial charge in [-0.2, -0.15) is 0 Å². The maximum atomic E-state index is 13.2. The van der Waals surface area contributed by atoms with E-state index in [0.29, 0.717) is 16.7 Å². The lowest BCUT2D eigenvalue weighted by Gasteiger charge is -2.03. The lowest BCUT2D eigenvalue weighted by atomic mass is 10.2. The normalized spacial score (nSPS) is 11.2. The third-order valence-corrected chi connectivity index (χ3v) is 3.94. The van der Waals surface area contributed by atoms with Crippen LogP contribution in [0.15, 0.2) is 24.3 Å². The van der Waals surface area contributed by atoms with Crippen LogP contribution in [0.4, 0.5) is 8.78 Å². The molecular weight excluding hydrogens is 290 g/mol. The maximum Gasteiger partial charge on any atom is 0.171 e.